The smallest absolute Gasteiger partial charge is 0.0253 e. The molecule has 0 unspecified atom stereocenters. The van der Waals surface area contributed by atoms with Crippen molar-refractivity contribution in [3.8, 4) is 11.1 Å². The van der Waals surface area contributed by atoms with Gasteiger partial charge in [-0.15, -0.1) is 57.7 Å². The fourth-order valence-corrected chi connectivity index (χ4v) is 6.10. The van der Waals surface area contributed by atoms with Crippen molar-refractivity contribution in [3.63, 3.8) is 0 Å². The Morgan fingerprint density at radius 1 is 0.537 bits per heavy atom. The number of halogens is 1. The molecule has 0 saturated carbocycles. The predicted octanol–water partition coefficient (Wildman–Crippen LogP) is 9.99. The molecule has 0 bridgehead atoms. The molecule has 41 heavy (non-hydrogen) atoms. The largest absolute Gasteiger partial charge is 0.179 e. The van der Waals surface area contributed by atoms with Gasteiger partial charge in [0.2, 0.25) is 0 Å². The van der Waals surface area contributed by atoms with Crippen LogP contribution in [0.1, 0.15) is 22.3 Å². The second-order valence-electron chi connectivity index (χ2n) is 9.82. The molecule has 0 radical (unpaired) electrons. The van der Waals surface area contributed by atoms with Gasteiger partial charge in [0.15, 0.2) is 0 Å². The summed E-state index contributed by atoms with van der Waals surface area (Å²) in [6.45, 7) is 0. The molecule has 0 N–H and O–H groups in total. The molecule has 1 aliphatic rings. The average molecular weight is 624 g/mol. The minimum atomic E-state index is 0. The van der Waals surface area contributed by atoms with Crippen LogP contribution in [0.5, 0.6) is 0 Å². The van der Waals surface area contributed by atoms with E-state index in [1.807, 2.05) is 6.07 Å². The minimum Gasteiger partial charge on any atom is -0.179 e. The van der Waals surface area contributed by atoms with Crippen LogP contribution < -0.4 is 0 Å². The SMILES string of the molecule is Cl.[Zr+2]=[C](c1ccccc1)c1ccccc1.[c-]1cccc2c1Cc1ccccc1-2.c1ccc2c(c1)[cH-]c1ccccc12. The van der Waals surface area contributed by atoms with Crippen LogP contribution in [-0.4, -0.2) is 3.21 Å². The van der Waals surface area contributed by atoms with Crippen molar-refractivity contribution in [1.29, 1.82) is 0 Å². The van der Waals surface area contributed by atoms with E-state index in [2.05, 4.69) is 158 Å². The fraction of sp³-hybridized carbons (Fsp3) is 0.0256. The molecule has 0 spiro atoms. The van der Waals surface area contributed by atoms with Crippen molar-refractivity contribution in [2.24, 2.45) is 0 Å². The van der Waals surface area contributed by atoms with Gasteiger partial charge in [0.25, 0.3) is 0 Å². The molecule has 0 nitrogen and oxygen atoms in total. The van der Waals surface area contributed by atoms with Gasteiger partial charge in [0, 0.05) is 0 Å². The summed E-state index contributed by atoms with van der Waals surface area (Å²) in [5.74, 6) is 0. The second kappa shape index (κ2) is 13.7. The van der Waals surface area contributed by atoms with E-state index in [1.54, 1.807) is 0 Å². The molecule has 0 heterocycles. The molecule has 0 aliphatic heterocycles. The van der Waals surface area contributed by atoms with Crippen LogP contribution in [0.3, 0.4) is 0 Å². The summed E-state index contributed by atoms with van der Waals surface area (Å²) >= 11 is 1.46. The summed E-state index contributed by atoms with van der Waals surface area (Å²) < 4.78 is 1.42. The van der Waals surface area contributed by atoms with Gasteiger partial charge >= 0.3 is 99.2 Å². The standard InChI is InChI=1S/2C13H9.C13H10.ClH.Zr/c2*1-3-7-12-10(5-1)9-11-6-2-4-8-13(11)12;1-3-7-12(8-4-1)11-13-9-5-2-6-10-13;;/h1-5,7-8H,9H2;1-9H;1-10H;1H;/q2*-1;;;+2. The number of benzene rings is 6. The number of hydrogen-bond donors (Lipinski definition) is 0. The van der Waals surface area contributed by atoms with Crippen LogP contribution in [-0.2, 0) is 30.7 Å². The Hall–Kier alpha value is -3.77. The zero-order chi connectivity index (χ0) is 27.1. The summed E-state index contributed by atoms with van der Waals surface area (Å²) in [6.07, 6.45) is 1.05. The maximum atomic E-state index is 3.30. The summed E-state index contributed by atoms with van der Waals surface area (Å²) in [5, 5.41) is 5.39. The topological polar surface area (TPSA) is 0 Å². The zero-order valence-electron chi connectivity index (χ0n) is 22.6. The first-order chi connectivity index (χ1) is 19.8. The van der Waals surface area contributed by atoms with E-state index in [4.69, 9.17) is 0 Å². The van der Waals surface area contributed by atoms with Gasteiger partial charge in [-0.1, -0.05) is 71.8 Å². The Morgan fingerprint density at radius 2 is 1.02 bits per heavy atom. The molecule has 7 aromatic rings. The molecule has 0 amide bonds. The third-order valence-electron chi connectivity index (χ3n) is 7.26. The normalized spacial score (nSPS) is 10.8. The van der Waals surface area contributed by atoms with Crippen LogP contribution in [0.25, 0.3) is 32.7 Å². The van der Waals surface area contributed by atoms with Gasteiger partial charge in [0.1, 0.15) is 0 Å². The van der Waals surface area contributed by atoms with Gasteiger partial charge in [-0.3, -0.25) is 0 Å². The van der Waals surface area contributed by atoms with Crippen molar-refractivity contribution in [2.75, 3.05) is 0 Å². The van der Waals surface area contributed by atoms with Crippen molar-refractivity contribution in [2.45, 2.75) is 6.42 Å². The average Bonchev–Trinajstić information content (AvgIpc) is 3.61. The molecule has 0 fully saturated rings. The Balaban J connectivity index is 0.000000122. The minimum absolute atomic E-state index is 0. The molecule has 1 aliphatic carbocycles. The number of rotatable bonds is 2. The Kier molecular flexibility index (Phi) is 9.63. The number of hydrogen-bond acceptors (Lipinski definition) is 0. The molecule has 2 heteroatoms. The zero-order valence-corrected chi connectivity index (χ0v) is 25.9. The molecule has 8 rings (SSSR count). The van der Waals surface area contributed by atoms with Gasteiger partial charge in [-0.25, -0.2) is 0 Å². The van der Waals surface area contributed by atoms with Crippen LogP contribution in [0.2, 0.25) is 0 Å². The molecular formula is C39H29ClZr. The molecular weight excluding hydrogens is 595 g/mol. The van der Waals surface area contributed by atoms with E-state index in [1.165, 1.54) is 82.4 Å². The fourth-order valence-electron chi connectivity index (χ4n) is 5.28. The van der Waals surface area contributed by atoms with E-state index in [0.717, 1.165) is 6.42 Å². The van der Waals surface area contributed by atoms with Gasteiger partial charge in [-0.05, 0) is 6.42 Å². The van der Waals surface area contributed by atoms with E-state index < -0.39 is 0 Å². The first-order valence-corrected chi connectivity index (χ1v) is 14.8. The molecule has 7 aromatic carbocycles. The van der Waals surface area contributed by atoms with Crippen molar-refractivity contribution >= 4 is 37.2 Å². The van der Waals surface area contributed by atoms with Crippen molar-refractivity contribution in [3.05, 3.63) is 186 Å². The van der Waals surface area contributed by atoms with E-state index in [0.29, 0.717) is 0 Å². The van der Waals surface area contributed by atoms with Crippen LogP contribution in [0.15, 0.2) is 158 Å². The maximum Gasteiger partial charge on any atom is -0.0253 e. The van der Waals surface area contributed by atoms with Gasteiger partial charge < -0.3 is 0 Å². The van der Waals surface area contributed by atoms with Crippen molar-refractivity contribution in [1.82, 2.24) is 0 Å². The van der Waals surface area contributed by atoms with Gasteiger partial charge in [0.05, 0.1) is 0 Å². The summed E-state index contributed by atoms with van der Waals surface area (Å²) in [6, 6.07) is 58.5. The van der Waals surface area contributed by atoms with Crippen LogP contribution in [0.4, 0.5) is 0 Å². The van der Waals surface area contributed by atoms with Crippen LogP contribution in [0, 0.1) is 6.07 Å². The Labute approximate surface area is 263 Å². The van der Waals surface area contributed by atoms with E-state index in [9.17, 15) is 0 Å². The maximum absolute atomic E-state index is 3.30. The van der Waals surface area contributed by atoms with Crippen LogP contribution >= 0.6 is 12.4 Å². The predicted molar refractivity (Wildman–Crippen MR) is 174 cm³/mol. The third kappa shape index (κ3) is 6.60. The first kappa shape index (κ1) is 28.8. The quantitative estimate of drug-likeness (QED) is 0.168. The Morgan fingerprint density at radius 3 is 1.63 bits per heavy atom. The third-order valence-corrected chi connectivity index (χ3v) is 8.68. The Bertz CT molecular complexity index is 1750. The monoisotopic (exact) mass is 622 g/mol. The van der Waals surface area contributed by atoms with E-state index in [-0.39, 0.29) is 12.4 Å². The molecule has 0 saturated heterocycles. The van der Waals surface area contributed by atoms with Gasteiger partial charge in [-0.2, -0.15) is 29.8 Å². The first-order valence-electron chi connectivity index (χ1n) is 13.6. The molecule has 196 valence electrons. The molecule has 0 aromatic heterocycles. The van der Waals surface area contributed by atoms with E-state index >= 15 is 0 Å². The molecule has 0 atom stereocenters. The second-order valence-corrected chi connectivity index (χ2v) is 11.1. The summed E-state index contributed by atoms with van der Waals surface area (Å²) in [4.78, 5) is 0. The van der Waals surface area contributed by atoms with Crippen molar-refractivity contribution < 1.29 is 24.2 Å². The summed E-state index contributed by atoms with van der Waals surface area (Å²) in [7, 11) is 0. The summed E-state index contributed by atoms with van der Waals surface area (Å²) in [5.41, 5.74) is 8.17. The number of fused-ring (bicyclic) bond motifs is 6.